The minimum Gasteiger partial charge on any atom is -0.397 e. The van der Waals surface area contributed by atoms with Crippen LogP contribution in [0.1, 0.15) is 0 Å². The van der Waals surface area contributed by atoms with Crippen LogP contribution < -0.4 is 10.6 Å². The third-order valence-corrected chi connectivity index (χ3v) is 6.02. The molecule has 1 atom stereocenters. The highest BCUT2D eigenvalue weighted by Crippen LogP contribution is 2.32. The zero-order valence-electron chi connectivity index (χ0n) is 9.97. The van der Waals surface area contributed by atoms with E-state index in [1.807, 2.05) is 17.0 Å². The lowest BCUT2D eigenvalue weighted by atomic mass is 10.2. The molecule has 4 nitrogen and oxygen atoms in total. The number of nitrogens with zero attached hydrogens (tertiary/aromatic N) is 1. The quantitative estimate of drug-likeness (QED) is 0.826. The van der Waals surface area contributed by atoms with Crippen LogP contribution in [0.25, 0.3) is 0 Å². The van der Waals surface area contributed by atoms with Crippen LogP contribution >= 0.6 is 27.7 Å². The van der Waals surface area contributed by atoms with Gasteiger partial charge in [0.2, 0.25) is 0 Å². The van der Waals surface area contributed by atoms with Gasteiger partial charge in [-0.1, -0.05) is 15.9 Å². The van der Waals surface area contributed by atoms with Crippen molar-refractivity contribution in [1.82, 2.24) is 0 Å². The van der Waals surface area contributed by atoms with E-state index in [9.17, 15) is 8.42 Å². The Balaban J connectivity index is 2.43. The molecule has 0 spiro atoms. The van der Waals surface area contributed by atoms with Gasteiger partial charge in [-0.3, -0.25) is 0 Å². The first-order valence-corrected chi connectivity index (χ1v) is 9.38. The average molecular weight is 351 g/mol. The maximum Gasteiger partial charge on any atom is 0.169 e. The summed E-state index contributed by atoms with van der Waals surface area (Å²) in [6, 6.07) is 5.52. The molecule has 1 unspecified atom stereocenters. The van der Waals surface area contributed by atoms with Crippen LogP contribution in [-0.2, 0) is 9.84 Å². The van der Waals surface area contributed by atoms with Gasteiger partial charge in [0.05, 0.1) is 11.4 Å². The van der Waals surface area contributed by atoms with Crippen LogP contribution in [0.2, 0.25) is 0 Å². The number of hydrogen-bond acceptors (Lipinski definition) is 5. The molecule has 18 heavy (non-hydrogen) atoms. The topological polar surface area (TPSA) is 63.4 Å². The van der Waals surface area contributed by atoms with Crippen molar-refractivity contribution in [3.05, 3.63) is 22.7 Å². The molecule has 100 valence electrons. The number of anilines is 2. The van der Waals surface area contributed by atoms with E-state index in [1.165, 1.54) is 6.26 Å². The summed E-state index contributed by atoms with van der Waals surface area (Å²) in [5, 5.41) is -0.493. The van der Waals surface area contributed by atoms with E-state index in [2.05, 4.69) is 15.9 Å². The number of nitrogen functional groups attached to an aromatic ring is 1. The summed E-state index contributed by atoms with van der Waals surface area (Å²) in [6.45, 7) is 0.697. The van der Waals surface area contributed by atoms with E-state index < -0.39 is 15.2 Å². The minimum absolute atomic E-state index is 0.493. The molecule has 1 heterocycles. The molecule has 0 amide bonds. The molecular weight excluding hydrogens is 336 g/mol. The molecule has 2 rings (SSSR count). The summed E-state index contributed by atoms with van der Waals surface area (Å²) in [4.78, 5) is 1.89. The van der Waals surface area contributed by atoms with Gasteiger partial charge in [0.15, 0.2) is 9.84 Å². The smallest absolute Gasteiger partial charge is 0.169 e. The molecule has 0 saturated carbocycles. The molecule has 7 heteroatoms. The summed E-state index contributed by atoms with van der Waals surface area (Å²) >= 11 is 5.06. The van der Waals surface area contributed by atoms with E-state index in [0.717, 1.165) is 15.9 Å². The lowest BCUT2D eigenvalue weighted by Gasteiger charge is -2.36. The van der Waals surface area contributed by atoms with Crippen LogP contribution in [0.4, 0.5) is 11.4 Å². The van der Waals surface area contributed by atoms with Crippen molar-refractivity contribution in [2.24, 2.45) is 0 Å². The zero-order valence-corrected chi connectivity index (χ0v) is 13.2. The predicted molar refractivity (Wildman–Crippen MR) is 81.9 cm³/mol. The minimum atomic E-state index is -3.12. The maximum absolute atomic E-state index is 11.9. The predicted octanol–water partition coefficient (Wildman–Crippen LogP) is 1.96. The largest absolute Gasteiger partial charge is 0.397 e. The second-order valence-corrected chi connectivity index (χ2v) is 8.52. The Morgan fingerprint density at radius 1 is 1.50 bits per heavy atom. The highest BCUT2D eigenvalue weighted by Gasteiger charge is 2.32. The summed E-state index contributed by atoms with van der Waals surface area (Å²) in [5.74, 6) is 1.50. The monoisotopic (exact) mass is 350 g/mol. The van der Waals surface area contributed by atoms with Crippen LogP contribution in [0.3, 0.4) is 0 Å². The van der Waals surface area contributed by atoms with E-state index >= 15 is 0 Å². The summed E-state index contributed by atoms with van der Waals surface area (Å²) in [7, 11) is -3.12. The normalized spacial score (nSPS) is 21.0. The Bertz CT molecular complexity index is 548. The number of sulfone groups is 1. The lowest BCUT2D eigenvalue weighted by Crippen LogP contribution is -2.47. The van der Waals surface area contributed by atoms with Crippen molar-refractivity contribution < 1.29 is 8.42 Å². The molecule has 0 bridgehead atoms. The first kappa shape index (κ1) is 14.0. The molecule has 1 fully saturated rings. The number of rotatable bonds is 2. The van der Waals surface area contributed by atoms with E-state index in [1.54, 1.807) is 17.8 Å². The first-order chi connectivity index (χ1) is 8.39. The van der Waals surface area contributed by atoms with Gasteiger partial charge in [-0.15, -0.1) is 0 Å². The maximum atomic E-state index is 11.9. The highest BCUT2D eigenvalue weighted by atomic mass is 79.9. The van der Waals surface area contributed by atoms with E-state index in [0.29, 0.717) is 18.0 Å². The Hall–Kier alpha value is -0.400. The van der Waals surface area contributed by atoms with Gasteiger partial charge in [-0.25, -0.2) is 8.42 Å². The molecule has 2 N–H and O–H groups in total. The van der Waals surface area contributed by atoms with Crippen molar-refractivity contribution in [3.8, 4) is 0 Å². The second kappa shape index (κ2) is 5.30. The zero-order chi connectivity index (χ0) is 13.3. The van der Waals surface area contributed by atoms with Gasteiger partial charge in [0.1, 0.15) is 5.37 Å². The van der Waals surface area contributed by atoms with Crippen LogP contribution in [-0.4, -0.2) is 38.1 Å². The number of benzene rings is 1. The van der Waals surface area contributed by atoms with Crippen molar-refractivity contribution in [3.63, 3.8) is 0 Å². The lowest BCUT2D eigenvalue weighted by molar-refractivity contribution is 0.584. The molecule has 1 saturated heterocycles. The average Bonchev–Trinajstić information content (AvgIpc) is 2.31. The number of thioether (sulfide) groups is 1. The third-order valence-electron chi connectivity index (χ3n) is 2.88. The molecule has 1 aliphatic rings. The molecular formula is C11H15BrN2O2S2. The molecule has 0 aromatic heterocycles. The van der Waals surface area contributed by atoms with E-state index in [4.69, 9.17) is 5.73 Å². The highest BCUT2D eigenvalue weighted by molar-refractivity contribution is 9.10. The number of hydrogen-bond donors (Lipinski definition) is 1. The fourth-order valence-electron chi connectivity index (χ4n) is 1.98. The Labute approximate surface area is 120 Å². The van der Waals surface area contributed by atoms with E-state index in [-0.39, 0.29) is 0 Å². The van der Waals surface area contributed by atoms with Crippen LogP contribution in [0, 0.1) is 0 Å². The summed E-state index contributed by atoms with van der Waals surface area (Å²) in [5.41, 5.74) is 7.36. The fourth-order valence-corrected chi connectivity index (χ4v) is 5.16. The van der Waals surface area contributed by atoms with Gasteiger partial charge < -0.3 is 10.6 Å². The third kappa shape index (κ3) is 2.95. The van der Waals surface area contributed by atoms with Gasteiger partial charge >= 0.3 is 0 Å². The van der Waals surface area contributed by atoms with Gasteiger partial charge in [0, 0.05) is 28.8 Å². The standard InChI is InChI=1S/C11H15BrN2O2S2/c1-18(15,16)11-7-17-5-4-14(11)10-6-8(12)2-3-9(10)13/h2-3,6,11H,4-5,7,13H2,1H3. The van der Waals surface area contributed by atoms with Crippen molar-refractivity contribution in [2.75, 3.05) is 34.9 Å². The molecule has 1 aliphatic heterocycles. The van der Waals surface area contributed by atoms with Crippen molar-refractivity contribution in [2.45, 2.75) is 5.37 Å². The second-order valence-electron chi connectivity index (χ2n) is 4.26. The van der Waals surface area contributed by atoms with Crippen molar-refractivity contribution in [1.29, 1.82) is 0 Å². The van der Waals surface area contributed by atoms with Gasteiger partial charge in [-0.05, 0) is 18.2 Å². The van der Waals surface area contributed by atoms with Crippen LogP contribution in [0.15, 0.2) is 22.7 Å². The SMILES string of the molecule is CS(=O)(=O)C1CSCCN1c1cc(Br)ccc1N. The number of nitrogens with two attached hydrogens (primary N) is 1. The van der Waals surface area contributed by atoms with Gasteiger partial charge in [-0.2, -0.15) is 11.8 Å². The first-order valence-electron chi connectivity index (χ1n) is 5.48. The summed E-state index contributed by atoms with van der Waals surface area (Å²) < 4.78 is 24.6. The van der Waals surface area contributed by atoms with Gasteiger partial charge in [0.25, 0.3) is 0 Å². The molecule has 1 aromatic carbocycles. The Morgan fingerprint density at radius 2 is 2.22 bits per heavy atom. The molecule has 0 aliphatic carbocycles. The Kier molecular flexibility index (Phi) is 4.13. The Morgan fingerprint density at radius 3 is 2.89 bits per heavy atom. The van der Waals surface area contributed by atoms with Crippen LogP contribution in [0.5, 0.6) is 0 Å². The molecule has 1 aromatic rings. The summed E-state index contributed by atoms with van der Waals surface area (Å²) in [6.07, 6.45) is 1.28. The van der Waals surface area contributed by atoms with Crippen molar-refractivity contribution >= 4 is 48.9 Å². The molecule has 0 radical (unpaired) electrons. The fraction of sp³-hybridized carbons (Fsp3) is 0.455. The number of halogens is 1.